The van der Waals surface area contributed by atoms with Crippen molar-refractivity contribution in [3.8, 4) is 0 Å². The summed E-state index contributed by atoms with van der Waals surface area (Å²) in [5, 5.41) is 5.63. The molecule has 0 bridgehead atoms. The van der Waals surface area contributed by atoms with Crippen LogP contribution >= 0.6 is 11.3 Å². The zero-order chi connectivity index (χ0) is 26.0. The molecule has 0 aliphatic carbocycles. The zero-order valence-electron chi connectivity index (χ0n) is 20.3. The molecule has 1 aromatic heterocycles. The maximum Gasteiger partial charge on any atom is 0.416 e. The molecule has 3 aromatic rings. The molecule has 191 valence electrons. The van der Waals surface area contributed by atoms with Gasteiger partial charge in [0.05, 0.1) is 21.3 Å². The third kappa shape index (κ3) is 5.87. The Morgan fingerprint density at radius 3 is 2.69 bits per heavy atom. The van der Waals surface area contributed by atoms with Gasteiger partial charge in [0, 0.05) is 31.3 Å². The molecule has 1 radical (unpaired) electrons. The molecule has 2 heterocycles. The summed E-state index contributed by atoms with van der Waals surface area (Å²) in [4.78, 5) is 32.2. The summed E-state index contributed by atoms with van der Waals surface area (Å²) in [6, 6.07) is 9.37. The smallest absolute Gasteiger partial charge is 0.321 e. The number of hydrogen-bond acceptors (Lipinski definition) is 5. The number of carbonyl (C=O) groups is 2. The van der Waals surface area contributed by atoms with Gasteiger partial charge in [-0.1, -0.05) is 43.7 Å². The van der Waals surface area contributed by atoms with Gasteiger partial charge in [-0.25, -0.2) is 4.98 Å². The van der Waals surface area contributed by atoms with Crippen molar-refractivity contribution in [2.24, 2.45) is 5.92 Å². The first-order valence-corrected chi connectivity index (χ1v) is 12.7. The molecular formula is C26H28F3N4O2S. The summed E-state index contributed by atoms with van der Waals surface area (Å²) in [5.41, 5.74) is 0.573. The first kappa shape index (κ1) is 26.1. The van der Waals surface area contributed by atoms with Crippen LogP contribution in [-0.4, -0.2) is 34.8 Å². The topological polar surface area (TPSA) is 74.3 Å². The van der Waals surface area contributed by atoms with Crippen molar-refractivity contribution >= 4 is 44.2 Å². The molecule has 2 aromatic carbocycles. The molecule has 1 saturated heterocycles. The van der Waals surface area contributed by atoms with E-state index in [0.717, 1.165) is 56.1 Å². The molecular weight excluding hydrogens is 489 g/mol. The van der Waals surface area contributed by atoms with Crippen LogP contribution in [0.4, 0.5) is 24.0 Å². The molecule has 1 aliphatic heterocycles. The number of amides is 2. The summed E-state index contributed by atoms with van der Waals surface area (Å²) in [5.74, 6) is -0.410. The van der Waals surface area contributed by atoms with E-state index >= 15 is 0 Å². The normalized spacial score (nSPS) is 16.9. The Labute approximate surface area is 211 Å². The molecule has 10 heteroatoms. The molecule has 2 amide bonds. The van der Waals surface area contributed by atoms with Crippen LogP contribution in [0.2, 0.25) is 0 Å². The van der Waals surface area contributed by atoms with Crippen molar-refractivity contribution in [3.05, 3.63) is 53.1 Å². The van der Waals surface area contributed by atoms with Crippen LogP contribution in [0.25, 0.3) is 10.2 Å². The number of carbonyl (C=O) groups excluding carboxylic acids is 2. The van der Waals surface area contributed by atoms with Crippen molar-refractivity contribution < 1.29 is 22.8 Å². The fourth-order valence-corrected chi connectivity index (χ4v) is 5.58. The highest BCUT2D eigenvalue weighted by atomic mass is 32.1. The molecule has 4 rings (SSSR count). The van der Waals surface area contributed by atoms with Gasteiger partial charge in [0.1, 0.15) is 0 Å². The molecule has 1 fully saturated rings. The molecule has 6 nitrogen and oxygen atoms in total. The third-order valence-electron chi connectivity index (χ3n) is 6.05. The van der Waals surface area contributed by atoms with E-state index in [2.05, 4.69) is 40.4 Å². The van der Waals surface area contributed by atoms with E-state index in [1.807, 2.05) is 12.1 Å². The van der Waals surface area contributed by atoms with Crippen LogP contribution in [-0.2, 0) is 11.0 Å². The highest BCUT2D eigenvalue weighted by Gasteiger charge is 2.32. The lowest BCUT2D eigenvalue weighted by Gasteiger charge is -2.38. The number of piperidine rings is 1. The number of nitrogens with zero attached hydrogens (tertiary/aromatic N) is 2. The van der Waals surface area contributed by atoms with Crippen molar-refractivity contribution in [1.82, 2.24) is 9.88 Å². The molecule has 36 heavy (non-hydrogen) atoms. The number of alkyl halides is 3. The van der Waals surface area contributed by atoms with Gasteiger partial charge in [-0.05, 0) is 49.1 Å². The summed E-state index contributed by atoms with van der Waals surface area (Å²) >= 11 is 1.24. The second-order valence-electron chi connectivity index (χ2n) is 9.42. The molecule has 1 unspecified atom stereocenters. The highest BCUT2D eigenvalue weighted by Crippen LogP contribution is 2.39. The van der Waals surface area contributed by atoms with Gasteiger partial charge in [0.25, 0.3) is 5.91 Å². The lowest BCUT2D eigenvalue weighted by molar-refractivity contribution is -0.137. The van der Waals surface area contributed by atoms with E-state index in [0.29, 0.717) is 26.8 Å². The first-order valence-electron chi connectivity index (χ1n) is 11.9. The van der Waals surface area contributed by atoms with E-state index in [1.165, 1.54) is 18.3 Å². The Kier molecular flexibility index (Phi) is 7.65. The standard InChI is InChI=1S/C26H28F3N4O2S/c1-15(2)14-33-12-5-4-9-20(33)19-10-11-21-23(32-25(36-21)30-16(3)34)22(19)24(35)31-18-8-6-7-17(13-18)26(27,28)29/h6-7,10-11,13,15,20H,4-5,9,12,14H2,1-3H3,(H,31,35)(H,30,32,34). The van der Waals surface area contributed by atoms with Crippen molar-refractivity contribution in [3.63, 3.8) is 0 Å². The highest BCUT2D eigenvalue weighted by molar-refractivity contribution is 7.22. The van der Waals surface area contributed by atoms with Gasteiger partial charge in [0.2, 0.25) is 5.91 Å². The van der Waals surface area contributed by atoms with Crippen LogP contribution in [0.1, 0.15) is 67.6 Å². The lowest BCUT2D eigenvalue weighted by Crippen LogP contribution is -2.37. The van der Waals surface area contributed by atoms with Gasteiger partial charge in [-0.2, -0.15) is 13.2 Å². The SMILES string of the molecule is CC(=O)Nc1nc2c(C(=O)Nc3[c]ccc(C(F)(F)F)c3)c(C3CCCCN3CC(C)C)ccc2s1. The largest absolute Gasteiger partial charge is 0.416 e. The number of halogens is 3. The second-order valence-corrected chi connectivity index (χ2v) is 10.5. The fourth-order valence-electron chi connectivity index (χ4n) is 4.66. The number of thiazole rings is 1. The minimum absolute atomic E-state index is 0.0253. The Morgan fingerprint density at radius 2 is 2.00 bits per heavy atom. The maximum atomic E-state index is 13.7. The predicted octanol–water partition coefficient (Wildman–Crippen LogP) is 6.51. The van der Waals surface area contributed by atoms with Gasteiger partial charge < -0.3 is 10.6 Å². The third-order valence-corrected chi connectivity index (χ3v) is 6.99. The quantitative estimate of drug-likeness (QED) is 0.391. The van der Waals surface area contributed by atoms with Gasteiger partial charge >= 0.3 is 6.18 Å². The Morgan fingerprint density at radius 1 is 1.22 bits per heavy atom. The Bertz CT molecular complexity index is 1270. The van der Waals surface area contributed by atoms with Gasteiger partial charge in [-0.15, -0.1) is 0 Å². The van der Waals surface area contributed by atoms with E-state index in [9.17, 15) is 22.8 Å². The minimum atomic E-state index is -4.54. The van der Waals surface area contributed by atoms with Crippen molar-refractivity contribution in [2.75, 3.05) is 23.7 Å². The summed E-state index contributed by atoms with van der Waals surface area (Å²) in [6.45, 7) is 7.43. The van der Waals surface area contributed by atoms with Crippen LogP contribution in [0.15, 0.2) is 30.3 Å². The summed E-state index contributed by atoms with van der Waals surface area (Å²) in [7, 11) is 0. The van der Waals surface area contributed by atoms with Gasteiger partial charge in [0.15, 0.2) is 5.13 Å². The lowest BCUT2D eigenvalue weighted by atomic mass is 9.90. The minimum Gasteiger partial charge on any atom is -0.321 e. The van der Waals surface area contributed by atoms with Crippen LogP contribution < -0.4 is 10.6 Å². The summed E-state index contributed by atoms with van der Waals surface area (Å²) in [6.07, 6.45) is -1.61. The molecule has 2 N–H and O–H groups in total. The zero-order valence-corrected chi connectivity index (χ0v) is 21.1. The number of nitrogens with one attached hydrogen (secondary N) is 2. The number of rotatable bonds is 6. The average Bonchev–Trinajstić information content (AvgIpc) is 3.19. The monoisotopic (exact) mass is 517 g/mol. The number of hydrogen-bond donors (Lipinski definition) is 2. The number of likely N-dealkylation sites (tertiary alicyclic amines) is 1. The second kappa shape index (κ2) is 10.6. The Balaban J connectivity index is 1.80. The number of benzene rings is 2. The van der Waals surface area contributed by atoms with Crippen LogP contribution in [0, 0.1) is 12.0 Å². The molecule has 0 saturated carbocycles. The van der Waals surface area contributed by atoms with E-state index in [-0.39, 0.29) is 17.6 Å². The summed E-state index contributed by atoms with van der Waals surface area (Å²) < 4.78 is 40.4. The van der Waals surface area contributed by atoms with Crippen molar-refractivity contribution in [2.45, 2.75) is 52.3 Å². The average molecular weight is 518 g/mol. The molecule has 1 atom stereocenters. The molecule has 0 spiro atoms. The van der Waals surface area contributed by atoms with Gasteiger partial charge in [-0.3, -0.25) is 14.5 Å². The first-order chi connectivity index (χ1) is 17.0. The van der Waals surface area contributed by atoms with E-state index < -0.39 is 17.6 Å². The van der Waals surface area contributed by atoms with E-state index in [4.69, 9.17) is 0 Å². The number of anilines is 2. The Hall–Kier alpha value is -2.98. The van der Waals surface area contributed by atoms with Crippen LogP contribution in [0.3, 0.4) is 0 Å². The molecule has 1 aliphatic rings. The number of aromatic nitrogens is 1. The fraction of sp³-hybridized carbons (Fsp3) is 0.423. The van der Waals surface area contributed by atoms with Crippen LogP contribution in [0.5, 0.6) is 0 Å². The van der Waals surface area contributed by atoms with E-state index in [1.54, 1.807) is 0 Å². The van der Waals surface area contributed by atoms with Crippen molar-refractivity contribution in [1.29, 1.82) is 0 Å². The number of fused-ring (bicyclic) bond motifs is 1. The predicted molar refractivity (Wildman–Crippen MR) is 135 cm³/mol. The maximum absolute atomic E-state index is 13.7.